The maximum atomic E-state index is 6.34. The van der Waals surface area contributed by atoms with E-state index in [0.29, 0.717) is 0 Å². The summed E-state index contributed by atoms with van der Waals surface area (Å²) < 4.78 is 3.18. The highest BCUT2D eigenvalue weighted by Crippen LogP contribution is 2.31. The molecule has 0 aliphatic rings. The normalized spacial score (nSPS) is 14.3. The number of fused-ring (bicyclic) bond motifs is 1. The fraction of sp³-hybridized carbons (Fsp3) is 0.250. The Morgan fingerprint density at radius 1 is 1.19 bits per heavy atom. The largest absolute Gasteiger partial charge is 0.318 e. The van der Waals surface area contributed by atoms with Crippen LogP contribution in [0, 0.1) is 0 Å². The van der Waals surface area contributed by atoms with Crippen molar-refractivity contribution in [1.82, 2.24) is 14.5 Å². The predicted octanol–water partition coefficient (Wildman–Crippen LogP) is 5.10. The van der Waals surface area contributed by atoms with E-state index < -0.39 is 0 Å². The minimum absolute atomic E-state index is 0.0774. The number of imidazole rings is 1. The van der Waals surface area contributed by atoms with Gasteiger partial charge in [-0.25, -0.2) is 4.98 Å². The molecule has 2 atom stereocenters. The molecule has 0 N–H and O–H groups in total. The lowest BCUT2D eigenvalue weighted by molar-refractivity contribution is 0.603. The number of hydrogen-bond acceptors (Lipinski definition) is 2. The summed E-state index contributed by atoms with van der Waals surface area (Å²) in [6, 6.07) is 12.1. The van der Waals surface area contributed by atoms with E-state index in [1.54, 1.807) is 0 Å². The summed E-state index contributed by atoms with van der Waals surface area (Å²) in [5.74, 6) is 0.864. The van der Waals surface area contributed by atoms with Crippen LogP contribution in [0.25, 0.3) is 11.0 Å². The molecule has 2 aromatic heterocycles. The number of alkyl halides is 1. The second-order valence-electron chi connectivity index (χ2n) is 5.02. The highest BCUT2D eigenvalue weighted by Gasteiger charge is 2.20. The average molecular weight is 365 g/mol. The Balaban J connectivity index is 2.22. The predicted molar refractivity (Wildman–Crippen MR) is 89.8 cm³/mol. The third kappa shape index (κ3) is 2.70. The fourth-order valence-corrected chi connectivity index (χ4v) is 3.04. The van der Waals surface area contributed by atoms with E-state index in [1.165, 1.54) is 0 Å². The van der Waals surface area contributed by atoms with Crippen LogP contribution in [0.1, 0.15) is 36.8 Å². The first-order valence-corrected chi connectivity index (χ1v) is 8.03. The van der Waals surface area contributed by atoms with Crippen molar-refractivity contribution in [3.05, 3.63) is 58.6 Å². The van der Waals surface area contributed by atoms with Gasteiger partial charge in [0, 0.05) is 10.7 Å². The van der Waals surface area contributed by atoms with Crippen LogP contribution in [-0.4, -0.2) is 14.5 Å². The highest BCUT2D eigenvalue weighted by molar-refractivity contribution is 9.10. The van der Waals surface area contributed by atoms with Gasteiger partial charge in [0.2, 0.25) is 0 Å². The molecule has 3 nitrogen and oxygen atoms in total. The van der Waals surface area contributed by atoms with Crippen LogP contribution in [0.3, 0.4) is 0 Å². The molecule has 0 amide bonds. The second-order valence-corrected chi connectivity index (χ2v) is 6.59. The van der Waals surface area contributed by atoms with E-state index >= 15 is 0 Å². The number of pyridine rings is 1. The lowest BCUT2D eigenvalue weighted by Gasteiger charge is -2.18. The van der Waals surface area contributed by atoms with Crippen LogP contribution in [0.2, 0.25) is 0 Å². The standard InChI is InChI=1S/C16H15BrClN3/c1-10(18)16-20-14-9-12(17)6-7-15(14)21(16)11(2)13-5-3-4-8-19-13/h3-11H,1-2H3. The van der Waals surface area contributed by atoms with Crippen molar-refractivity contribution in [2.45, 2.75) is 25.3 Å². The second kappa shape index (κ2) is 5.78. The first-order valence-electron chi connectivity index (χ1n) is 6.80. The van der Waals surface area contributed by atoms with Crippen molar-refractivity contribution < 1.29 is 0 Å². The van der Waals surface area contributed by atoms with Gasteiger partial charge in [-0.1, -0.05) is 22.0 Å². The van der Waals surface area contributed by atoms with Gasteiger partial charge in [0.25, 0.3) is 0 Å². The van der Waals surface area contributed by atoms with Crippen molar-refractivity contribution in [2.24, 2.45) is 0 Å². The van der Waals surface area contributed by atoms with E-state index in [0.717, 1.165) is 27.0 Å². The van der Waals surface area contributed by atoms with Gasteiger partial charge in [0.05, 0.1) is 28.1 Å². The highest BCUT2D eigenvalue weighted by atomic mass is 79.9. The van der Waals surface area contributed by atoms with Crippen LogP contribution in [0.5, 0.6) is 0 Å². The number of aromatic nitrogens is 3. The van der Waals surface area contributed by atoms with Gasteiger partial charge in [0.15, 0.2) is 0 Å². The Hall–Kier alpha value is -1.39. The SMILES string of the molecule is CC(Cl)c1nc2cc(Br)ccc2n1C(C)c1ccccn1. The van der Waals surface area contributed by atoms with E-state index in [9.17, 15) is 0 Å². The first-order chi connectivity index (χ1) is 10.1. The molecule has 3 aromatic rings. The third-order valence-corrected chi connectivity index (χ3v) is 4.23. The molecule has 0 saturated carbocycles. The van der Waals surface area contributed by atoms with Crippen LogP contribution in [0.15, 0.2) is 47.1 Å². The molecule has 108 valence electrons. The molecular formula is C16H15BrClN3. The molecule has 1 aromatic carbocycles. The van der Waals surface area contributed by atoms with Gasteiger partial charge >= 0.3 is 0 Å². The zero-order chi connectivity index (χ0) is 15.0. The average Bonchev–Trinajstić information content (AvgIpc) is 2.86. The Labute approximate surface area is 137 Å². The number of nitrogens with zero attached hydrogens (tertiary/aromatic N) is 3. The van der Waals surface area contributed by atoms with Gasteiger partial charge < -0.3 is 4.57 Å². The Bertz CT molecular complexity index is 768. The Morgan fingerprint density at radius 3 is 2.67 bits per heavy atom. The fourth-order valence-electron chi connectivity index (χ4n) is 2.53. The lowest BCUT2D eigenvalue weighted by Crippen LogP contribution is -2.12. The van der Waals surface area contributed by atoms with E-state index in [-0.39, 0.29) is 11.4 Å². The van der Waals surface area contributed by atoms with Gasteiger partial charge in [-0.3, -0.25) is 4.98 Å². The Morgan fingerprint density at radius 2 is 2.00 bits per heavy atom. The summed E-state index contributed by atoms with van der Waals surface area (Å²) >= 11 is 9.83. The van der Waals surface area contributed by atoms with Crippen molar-refractivity contribution >= 4 is 38.6 Å². The van der Waals surface area contributed by atoms with E-state index in [1.807, 2.05) is 43.5 Å². The number of rotatable bonds is 3. The minimum Gasteiger partial charge on any atom is -0.318 e. The van der Waals surface area contributed by atoms with Crippen LogP contribution in [0.4, 0.5) is 0 Å². The van der Waals surface area contributed by atoms with Crippen LogP contribution >= 0.6 is 27.5 Å². The summed E-state index contributed by atoms with van der Waals surface area (Å²) in [5.41, 5.74) is 3.01. The third-order valence-electron chi connectivity index (χ3n) is 3.54. The molecule has 0 spiro atoms. The molecular weight excluding hydrogens is 350 g/mol. The topological polar surface area (TPSA) is 30.7 Å². The van der Waals surface area contributed by atoms with Crippen molar-refractivity contribution in [1.29, 1.82) is 0 Å². The zero-order valence-corrected chi connectivity index (χ0v) is 14.1. The number of benzene rings is 1. The van der Waals surface area contributed by atoms with Crippen LogP contribution < -0.4 is 0 Å². The first kappa shape index (κ1) is 14.5. The molecule has 0 radical (unpaired) electrons. The van der Waals surface area contributed by atoms with Gasteiger partial charge in [-0.15, -0.1) is 11.6 Å². The lowest BCUT2D eigenvalue weighted by atomic mass is 10.2. The molecule has 3 rings (SSSR count). The molecule has 0 saturated heterocycles. The molecule has 0 aliphatic carbocycles. The summed E-state index contributed by atoms with van der Waals surface area (Å²) in [4.78, 5) is 9.15. The number of halogens is 2. The molecule has 5 heteroatoms. The minimum atomic E-state index is -0.165. The Kier molecular flexibility index (Phi) is 4.00. The van der Waals surface area contributed by atoms with Crippen molar-refractivity contribution in [3.63, 3.8) is 0 Å². The molecule has 0 bridgehead atoms. The molecule has 2 heterocycles. The molecule has 21 heavy (non-hydrogen) atoms. The number of hydrogen-bond donors (Lipinski definition) is 0. The summed E-state index contributed by atoms with van der Waals surface area (Å²) in [5, 5.41) is -0.165. The maximum absolute atomic E-state index is 6.34. The molecule has 0 fully saturated rings. The van der Waals surface area contributed by atoms with Gasteiger partial charge in [-0.2, -0.15) is 0 Å². The monoisotopic (exact) mass is 363 g/mol. The summed E-state index contributed by atoms with van der Waals surface area (Å²) in [6.45, 7) is 4.06. The summed E-state index contributed by atoms with van der Waals surface area (Å²) in [7, 11) is 0. The maximum Gasteiger partial charge on any atom is 0.128 e. The molecule has 2 unspecified atom stereocenters. The van der Waals surface area contributed by atoms with Gasteiger partial charge in [0.1, 0.15) is 5.82 Å². The smallest absolute Gasteiger partial charge is 0.128 e. The van der Waals surface area contributed by atoms with Crippen molar-refractivity contribution in [2.75, 3.05) is 0 Å². The zero-order valence-electron chi connectivity index (χ0n) is 11.8. The van der Waals surface area contributed by atoms with E-state index in [4.69, 9.17) is 16.6 Å². The quantitative estimate of drug-likeness (QED) is 0.605. The van der Waals surface area contributed by atoms with Gasteiger partial charge in [-0.05, 0) is 44.2 Å². The van der Waals surface area contributed by atoms with Crippen LogP contribution in [-0.2, 0) is 0 Å². The summed E-state index contributed by atoms with van der Waals surface area (Å²) in [6.07, 6.45) is 1.81. The van der Waals surface area contributed by atoms with E-state index in [2.05, 4.69) is 38.5 Å². The van der Waals surface area contributed by atoms with Crippen molar-refractivity contribution in [3.8, 4) is 0 Å². The molecule has 0 aliphatic heterocycles.